The van der Waals surface area contributed by atoms with Gasteiger partial charge in [0.2, 0.25) is 11.8 Å². The van der Waals surface area contributed by atoms with E-state index in [1.54, 1.807) is 4.90 Å². The van der Waals surface area contributed by atoms with Crippen LogP contribution in [0.25, 0.3) is 0 Å². The lowest BCUT2D eigenvalue weighted by Crippen LogP contribution is -2.41. The minimum absolute atomic E-state index is 0. The van der Waals surface area contributed by atoms with E-state index in [9.17, 15) is 9.59 Å². The first-order valence-corrected chi connectivity index (χ1v) is 7.44. The van der Waals surface area contributed by atoms with Crippen LogP contribution in [0, 0.1) is 5.92 Å². The molecule has 1 aliphatic heterocycles. The maximum atomic E-state index is 12.1. The maximum Gasteiger partial charge on any atom is 0.227 e. The van der Waals surface area contributed by atoms with Crippen molar-refractivity contribution in [2.75, 3.05) is 18.0 Å². The van der Waals surface area contributed by atoms with Crippen molar-refractivity contribution in [2.24, 2.45) is 11.7 Å². The van der Waals surface area contributed by atoms with Gasteiger partial charge in [0.05, 0.1) is 5.92 Å². The summed E-state index contributed by atoms with van der Waals surface area (Å²) in [4.78, 5) is 25.9. The number of nitrogens with one attached hydrogen (secondary N) is 1. The summed E-state index contributed by atoms with van der Waals surface area (Å²) in [5.41, 5.74) is 7.59. The first-order chi connectivity index (χ1) is 10.0. The van der Waals surface area contributed by atoms with E-state index in [1.807, 2.05) is 31.2 Å². The molecule has 0 saturated carbocycles. The Morgan fingerprint density at radius 3 is 2.59 bits per heavy atom. The van der Waals surface area contributed by atoms with Crippen molar-refractivity contribution < 1.29 is 9.59 Å². The van der Waals surface area contributed by atoms with Crippen molar-refractivity contribution in [1.29, 1.82) is 0 Å². The summed E-state index contributed by atoms with van der Waals surface area (Å²) >= 11 is 0. The second-order valence-corrected chi connectivity index (χ2v) is 5.57. The fourth-order valence-electron chi connectivity index (χ4n) is 2.46. The van der Waals surface area contributed by atoms with Crippen molar-refractivity contribution in [1.82, 2.24) is 5.32 Å². The second-order valence-electron chi connectivity index (χ2n) is 5.57. The molecule has 1 unspecified atom stereocenters. The Morgan fingerprint density at radius 1 is 1.41 bits per heavy atom. The molecule has 122 valence electrons. The van der Waals surface area contributed by atoms with Gasteiger partial charge in [0.15, 0.2) is 0 Å². The van der Waals surface area contributed by atoms with Gasteiger partial charge in [-0.05, 0) is 31.0 Å². The lowest BCUT2D eigenvalue weighted by atomic mass is 10.1. The van der Waals surface area contributed by atoms with Gasteiger partial charge in [-0.1, -0.05) is 19.1 Å². The molecule has 1 heterocycles. The molecule has 2 amide bonds. The van der Waals surface area contributed by atoms with Gasteiger partial charge in [0.1, 0.15) is 0 Å². The van der Waals surface area contributed by atoms with Gasteiger partial charge < -0.3 is 16.0 Å². The molecule has 22 heavy (non-hydrogen) atoms. The molecular formula is C16H24ClN3O2. The Hall–Kier alpha value is -1.59. The fourth-order valence-corrected chi connectivity index (χ4v) is 2.46. The number of carbonyl (C=O) groups excluding carboxylic acids is 2. The van der Waals surface area contributed by atoms with Gasteiger partial charge in [-0.3, -0.25) is 9.59 Å². The van der Waals surface area contributed by atoms with Crippen LogP contribution in [0.1, 0.15) is 25.8 Å². The van der Waals surface area contributed by atoms with Gasteiger partial charge in [-0.2, -0.15) is 0 Å². The zero-order valence-corrected chi connectivity index (χ0v) is 13.9. The van der Waals surface area contributed by atoms with Crippen LogP contribution in [-0.4, -0.2) is 30.9 Å². The highest BCUT2D eigenvalue weighted by molar-refractivity contribution is 6.00. The summed E-state index contributed by atoms with van der Waals surface area (Å²) in [6.45, 7) is 4.78. The lowest BCUT2D eigenvalue weighted by molar-refractivity contribution is -0.126. The van der Waals surface area contributed by atoms with Gasteiger partial charge in [0.25, 0.3) is 0 Å². The van der Waals surface area contributed by atoms with E-state index in [-0.39, 0.29) is 42.6 Å². The Bertz CT molecular complexity index is 519. The van der Waals surface area contributed by atoms with Gasteiger partial charge in [0, 0.05) is 31.2 Å². The molecule has 6 heteroatoms. The van der Waals surface area contributed by atoms with Crippen LogP contribution in [0.15, 0.2) is 24.3 Å². The molecule has 0 spiro atoms. The molecule has 1 aliphatic rings. The van der Waals surface area contributed by atoms with Crippen molar-refractivity contribution in [3.8, 4) is 0 Å². The molecular weight excluding hydrogens is 302 g/mol. The minimum Gasteiger partial charge on any atom is -0.352 e. The van der Waals surface area contributed by atoms with Crippen molar-refractivity contribution in [2.45, 2.75) is 32.7 Å². The summed E-state index contributed by atoms with van der Waals surface area (Å²) in [7, 11) is 0. The van der Waals surface area contributed by atoms with Crippen LogP contribution in [0.5, 0.6) is 0 Å². The molecule has 1 fully saturated rings. The molecule has 0 aromatic heterocycles. The number of rotatable bonds is 5. The Balaban J connectivity index is 0.00000242. The van der Waals surface area contributed by atoms with E-state index in [0.717, 1.165) is 12.1 Å². The van der Waals surface area contributed by atoms with Crippen LogP contribution in [0.4, 0.5) is 5.69 Å². The molecule has 1 aromatic rings. The zero-order chi connectivity index (χ0) is 15.4. The number of halogens is 1. The summed E-state index contributed by atoms with van der Waals surface area (Å²) in [6.07, 6.45) is 1.23. The molecule has 1 saturated heterocycles. The Labute approximate surface area is 137 Å². The maximum absolute atomic E-state index is 12.1. The van der Waals surface area contributed by atoms with E-state index < -0.39 is 0 Å². The van der Waals surface area contributed by atoms with Crippen LogP contribution < -0.4 is 16.0 Å². The highest BCUT2D eigenvalue weighted by Gasteiger charge is 2.35. The zero-order valence-electron chi connectivity index (χ0n) is 13.0. The monoisotopic (exact) mass is 325 g/mol. The van der Waals surface area contributed by atoms with Crippen LogP contribution in [0.3, 0.4) is 0 Å². The first kappa shape index (κ1) is 18.5. The smallest absolute Gasteiger partial charge is 0.227 e. The number of hydrogen-bond donors (Lipinski definition) is 2. The van der Waals surface area contributed by atoms with Crippen molar-refractivity contribution in [3.05, 3.63) is 29.8 Å². The van der Waals surface area contributed by atoms with Gasteiger partial charge in [-0.15, -0.1) is 12.4 Å². The average Bonchev–Trinajstić information content (AvgIpc) is 2.89. The van der Waals surface area contributed by atoms with Crippen molar-refractivity contribution in [3.63, 3.8) is 0 Å². The fraction of sp³-hybridized carbons (Fsp3) is 0.500. The molecule has 5 nitrogen and oxygen atoms in total. The minimum atomic E-state index is -0.294. The lowest BCUT2D eigenvalue weighted by Gasteiger charge is -2.18. The number of anilines is 1. The number of carbonyl (C=O) groups is 2. The van der Waals surface area contributed by atoms with Gasteiger partial charge in [-0.25, -0.2) is 0 Å². The van der Waals surface area contributed by atoms with E-state index in [1.165, 1.54) is 5.56 Å². The summed E-state index contributed by atoms with van der Waals surface area (Å²) < 4.78 is 0. The number of benzene rings is 1. The second kappa shape index (κ2) is 8.15. The summed E-state index contributed by atoms with van der Waals surface area (Å²) in [5.74, 6) is -0.383. The third-order valence-corrected chi connectivity index (χ3v) is 3.89. The Kier molecular flexibility index (Phi) is 6.84. The van der Waals surface area contributed by atoms with Gasteiger partial charge >= 0.3 is 0 Å². The molecule has 0 bridgehead atoms. The largest absolute Gasteiger partial charge is 0.352 e. The van der Waals surface area contributed by atoms with E-state index in [4.69, 9.17) is 5.73 Å². The average molecular weight is 326 g/mol. The highest BCUT2D eigenvalue weighted by Crippen LogP contribution is 2.25. The number of nitrogens with zero attached hydrogens (tertiary/aromatic N) is 1. The Morgan fingerprint density at radius 2 is 2.05 bits per heavy atom. The highest BCUT2D eigenvalue weighted by atomic mass is 35.5. The van der Waals surface area contributed by atoms with E-state index in [2.05, 4.69) is 12.2 Å². The number of aryl methyl sites for hydroxylation is 1. The normalized spacial score (nSPS) is 18.8. The van der Waals surface area contributed by atoms with Crippen LogP contribution in [0.2, 0.25) is 0 Å². The van der Waals surface area contributed by atoms with Crippen LogP contribution in [-0.2, 0) is 16.0 Å². The predicted octanol–water partition coefficient (Wildman–Crippen LogP) is 1.49. The predicted molar refractivity (Wildman–Crippen MR) is 90.2 cm³/mol. The first-order valence-electron chi connectivity index (χ1n) is 7.44. The van der Waals surface area contributed by atoms with Crippen LogP contribution >= 0.6 is 12.4 Å². The third kappa shape index (κ3) is 4.21. The molecule has 2 rings (SSSR count). The van der Waals surface area contributed by atoms with E-state index in [0.29, 0.717) is 13.1 Å². The van der Waals surface area contributed by atoms with Crippen molar-refractivity contribution >= 4 is 29.9 Å². The standard InChI is InChI=1S/C16H23N3O2.ClH/c1-3-12-4-6-14(7-5-12)19-10-13(8-15(19)20)16(21)18-11(2)9-17;/h4-7,11,13H,3,8-10,17H2,1-2H3,(H,18,21);1H/t11-,13?;/m0./s1. The quantitative estimate of drug-likeness (QED) is 0.861. The molecule has 1 aromatic carbocycles. The molecule has 2 atom stereocenters. The number of amides is 2. The topological polar surface area (TPSA) is 75.4 Å². The molecule has 0 aliphatic carbocycles. The van der Waals surface area contributed by atoms with E-state index >= 15 is 0 Å². The molecule has 0 radical (unpaired) electrons. The summed E-state index contributed by atoms with van der Waals surface area (Å²) in [6, 6.07) is 7.86. The third-order valence-electron chi connectivity index (χ3n) is 3.89. The number of hydrogen-bond acceptors (Lipinski definition) is 3. The summed E-state index contributed by atoms with van der Waals surface area (Å²) in [5, 5.41) is 2.84. The number of nitrogens with two attached hydrogens (primary N) is 1. The SMILES string of the molecule is CCc1ccc(N2CC(C(=O)N[C@@H](C)CN)CC2=O)cc1.Cl. The molecule has 3 N–H and O–H groups in total.